The van der Waals surface area contributed by atoms with Gasteiger partial charge >= 0.3 is 12.3 Å². The molecule has 2 aliphatic heterocycles. The van der Waals surface area contributed by atoms with Crippen molar-refractivity contribution in [2.45, 2.75) is 91.5 Å². The number of benzene rings is 1. The standard InChI is InChI=1S/C33H40F3N5O4S/c1-8-21-17-22(9-10-26(21)44-16-13-32(7)11-14-39(15-12-32)29(43)45-30(2,3)4)41-28(46)40(27(42)31(41,5)6)23-18-24(33(34,35)36)25(19-37)38-20-23/h9-10,17-18,20H,8,11-16H2,1-7H3. The molecule has 2 saturated heterocycles. The van der Waals surface area contributed by atoms with Gasteiger partial charge in [0, 0.05) is 18.8 Å². The van der Waals surface area contributed by atoms with Gasteiger partial charge in [-0.2, -0.15) is 18.4 Å². The first-order chi connectivity index (χ1) is 21.3. The smallest absolute Gasteiger partial charge is 0.419 e. The number of carbonyl (C=O) groups is 2. The second kappa shape index (κ2) is 12.7. The minimum absolute atomic E-state index is 0.00370. The molecular formula is C33H40F3N5O4S. The number of rotatable bonds is 7. The second-order valence-electron chi connectivity index (χ2n) is 13.5. The number of piperidine rings is 1. The Hall–Kier alpha value is -3.92. The molecule has 2 aliphatic rings. The number of aromatic nitrogens is 1. The molecule has 1 aromatic heterocycles. The molecule has 2 aromatic rings. The van der Waals surface area contributed by atoms with Gasteiger partial charge in [0.05, 0.1) is 24.1 Å². The van der Waals surface area contributed by atoms with Crippen molar-refractivity contribution in [2.24, 2.45) is 5.41 Å². The summed E-state index contributed by atoms with van der Waals surface area (Å²) in [5.41, 5.74) is -2.47. The van der Waals surface area contributed by atoms with Gasteiger partial charge in [0.15, 0.2) is 10.8 Å². The van der Waals surface area contributed by atoms with Crippen molar-refractivity contribution >= 4 is 40.7 Å². The zero-order valence-electron chi connectivity index (χ0n) is 27.2. The van der Waals surface area contributed by atoms with E-state index in [1.807, 2.05) is 39.8 Å². The van der Waals surface area contributed by atoms with E-state index in [1.54, 1.807) is 29.7 Å². The van der Waals surface area contributed by atoms with Gasteiger partial charge < -0.3 is 19.3 Å². The number of alkyl halides is 3. The van der Waals surface area contributed by atoms with Crippen LogP contribution >= 0.6 is 12.2 Å². The Kier molecular flexibility index (Phi) is 9.65. The number of hydrogen-bond acceptors (Lipinski definition) is 7. The SMILES string of the molecule is CCc1cc(N2C(=S)N(c3cnc(C#N)c(C(F)(F)F)c3)C(=O)C2(C)C)ccc1OCCC1(C)CCN(C(=O)OC(C)(C)C)CC1. The summed E-state index contributed by atoms with van der Waals surface area (Å²) in [7, 11) is 0. The predicted octanol–water partition coefficient (Wildman–Crippen LogP) is 7.26. The van der Waals surface area contributed by atoms with Gasteiger partial charge in [-0.3, -0.25) is 9.69 Å². The van der Waals surface area contributed by atoms with Crippen LogP contribution in [0.4, 0.5) is 29.3 Å². The fourth-order valence-electron chi connectivity index (χ4n) is 5.67. The Bertz CT molecular complexity index is 1560. The van der Waals surface area contributed by atoms with Crippen LogP contribution in [0.2, 0.25) is 0 Å². The molecular weight excluding hydrogens is 619 g/mol. The van der Waals surface area contributed by atoms with Crippen LogP contribution in [0.1, 0.15) is 84.5 Å². The lowest BCUT2D eigenvalue weighted by Crippen LogP contribution is -2.44. The summed E-state index contributed by atoms with van der Waals surface area (Å²) in [6.45, 7) is 14.8. The minimum Gasteiger partial charge on any atom is -0.493 e. The van der Waals surface area contributed by atoms with Gasteiger partial charge in [-0.25, -0.2) is 9.78 Å². The molecule has 0 unspecified atom stereocenters. The average molecular weight is 660 g/mol. The number of nitriles is 1. The number of ether oxygens (including phenoxy) is 2. The summed E-state index contributed by atoms with van der Waals surface area (Å²) in [6.07, 6.45) is -0.990. The molecule has 0 spiro atoms. The highest BCUT2D eigenvalue weighted by molar-refractivity contribution is 7.81. The molecule has 3 heterocycles. The molecule has 13 heteroatoms. The van der Waals surface area contributed by atoms with E-state index in [9.17, 15) is 22.8 Å². The van der Waals surface area contributed by atoms with Crippen LogP contribution in [-0.2, 0) is 22.1 Å². The molecule has 2 amide bonds. The topological polar surface area (TPSA) is 99.0 Å². The summed E-state index contributed by atoms with van der Waals surface area (Å²) >= 11 is 5.66. The Balaban J connectivity index is 1.47. The number of pyridine rings is 1. The Morgan fingerprint density at radius 2 is 1.76 bits per heavy atom. The normalized spacial score (nSPS) is 18.1. The maximum absolute atomic E-state index is 13.7. The van der Waals surface area contributed by atoms with Crippen LogP contribution in [0, 0.1) is 16.7 Å². The number of nitrogens with zero attached hydrogens (tertiary/aromatic N) is 5. The van der Waals surface area contributed by atoms with E-state index in [4.69, 9.17) is 27.0 Å². The number of anilines is 2. The molecule has 2 fully saturated rings. The van der Waals surface area contributed by atoms with Crippen molar-refractivity contribution in [3.8, 4) is 11.8 Å². The third-order valence-corrected chi connectivity index (χ3v) is 8.84. The molecule has 0 bridgehead atoms. The Morgan fingerprint density at radius 1 is 1.11 bits per heavy atom. The van der Waals surface area contributed by atoms with Gasteiger partial charge in [0.1, 0.15) is 23.0 Å². The van der Waals surface area contributed by atoms with Crippen LogP contribution in [-0.4, -0.2) is 57.8 Å². The number of carbonyl (C=O) groups excluding carboxylic acids is 2. The largest absolute Gasteiger partial charge is 0.493 e. The fourth-order valence-corrected chi connectivity index (χ4v) is 6.19. The van der Waals surface area contributed by atoms with E-state index in [2.05, 4.69) is 11.9 Å². The highest BCUT2D eigenvalue weighted by Gasteiger charge is 2.51. The predicted molar refractivity (Wildman–Crippen MR) is 172 cm³/mol. The molecule has 0 radical (unpaired) electrons. The van der Waals surface area contributed by atoms with Crippen molar-refractivity contribution in [3.63, 3.8) is 0 Å². The van der Waals surface area contributed by atoms with Gasteiger partial charge in [-0.1, -0.05) is 13.8 Å². The fraction of sp³-hybridized carbons (Fsp3) is 0.545. The van der Waals surface area contributed by atoms with E-state index in [-0.39, 0.29) is 22.3 Å². The number of halogens is 3. The summed E-state index contributed by atoms with van der Waals surface area (Å²) in [5.74, 6) is 0.166. The molecule has 1 aromatic carbocycles. The number of hydrogen-bond donors (Lipinski definition) is 0. The monoisotopic (exact) mass is 659 g/mol. The molecule has 0 aliphatic carbocycles. The van der Waals surface area contributed by atoms with Crippen LogP contribution in [0.25, 0.3) is 0 Å². The molecule has 0 atom stereocenters. The summed E-state index contributed by atoms with van der Waals surface area (Å²) in [5, 5.41) is 9.12. The van der Waals surface area contributed by atoms with Crippen molar-refractivity contribution in [1.82, 2.24) is 9.88 Å². The highest BCUT2D eigenvalue weighted by atomic mass is 32.1. The highest BCUT2D eigenvalue weighted by Crippen LogP contribution is 2.41. The van der Waals surface area contributed by atoms with Gasteiger partial charge in [-0.05, 0) is 108 Å². The third kappa shape index (κ3) is 7.22. The zero-order valence-corrected chi connectivity index (χ0v) is 28.1. The van der Waals surface area contributed by atoms with Crippen LogP contribution in [0.5, 0.6) is 5.75 Å². The van der Waals surface area contributed by atoms with E-state index >= 15 is 0 Å². The van der Waals surface area contributed by atoms with Crippen molar-refractivity contribution < 1.29 is 32.2 Å². The molecule has 0 saturated carbocycles. The lowest BCUT2D eigenvalue weighted by molar-refractivity contribution is -0.138. The number of aryl methyl sites for hydroxylation is 1. The average Bonchev–Trinajstić information content (AvgIpc) is 3.14. The quantitative estimate of drug-likeness (QED) is 0.287. The van der Waals surface area contributed by atoms with E-state index in [1.165, 1.54) is 6.07 Å². The van der Waals surface area contributed by atoms with Gasteiger partial charge in [-0.15, -0.1) is 0 Å². The van der Waals surface area contributed by atoms with Crippen molar-refractivity contribution in [1.29, 1.82) is 5.26 Å². The van der Waals surface area contributed by atoms with Crippen LogP contribution < -0.4 is 14.5 Å². The lowest BCUT2D eigenvalue weighted by Gasteiger charge is -2.39. The molecule has 9 nitrogen and oxygen atoms in total. The van der Waals surface area contributed by atoms with E-state index < -0.39 is 34.5 Å². The first kappa shape index (κ1) is 34.9. The Labute approximate surface area is 273 Å². The first-order valence-corrected chi connectivity index (χ1v) is 15.6. The van der Waals surface area contributed by atoms with Crippen LogP contribution in [0.3, 0.4) is 0 Å². The van der Waals surface area contributed by atoms with Gasteiger partial charge in [0.25, 0.3) is 5.91 Å². The van der Waals surface area contributed by atoms with Crippen molar-refractivity contribution in [3.05, 3.63) is 47.3 Å². The van der Waals surface area contributed by atoms with Gasteiger partial charge in [0.2, 0.25) is 0 Å². The molecule has 248 valence electrons. The molecule has 46 heavy (non-hydrogen) atoms. The van der Waals surface area contributed by atoms with E-state index in [0.717, 1.165) is 42.0 Å². The summed E-state index contributed by atoms with van der Waals surface area (Å²) in [4.78, 5) is 34.1. The zero-order chi connectivity index (χ0) is 34.2. The molecule has 0 N–H and O–H groups in total. The number of amides is 2. The number of thiocarbonyl (C=S) groups is 1. The minimum atomic E-state index is -4.84. The first-order valence-electron chi connectivity index (χ1n) is 15.2. The maximum atomic E-state index is 13.7. The molecule has 4 rings (SSSR count). The number of likely N-dealkylation sites (tertiary alicyclic amines) is 1. The lowest BCUT2D eigenvalue weighted by atomic mass is 9.78. The Morgan fingerprint density at radius 3 is 2.33 bits per heavy atom. The van der Waals surface area contributed by atoms with E-state index in [0.29, 0.717) is 37.6 Å². The second-order valence-corrected chi connectivity index (χ2v) is 13.9. The summed E-state index contributed by atoms with van der Waals surface area (Å²) < 4.78 is 52.7. The maximum Gasteiger partial charge on any atom is 0.419 e. The van der Waals surface area contributed by atoms with Crippen LogP contribution in [0.15, 0.2) is 30.5 Å². The summed E-state index contributed by atoms with van der Waals surface area (Å²) in [6, 6.07) is 7.65. The third-order valence-electron chi connectivity index (χ3n) is 8.48. The van der Waals surface area contributed by atoms with Crippen molar-refractivity contribution in [2.75, 3.05) is 29.5 Å².